The minimum atomic E-state index is 0.0431. The highest BCUT2D eigenvalue weighted by molar-refractivity contribution is 5.81. The van der Waals surface area contributed by atoms with Crippen molar-refractivity contribution in [1.29, 1.82) is 0 Å². The number of hydrogen-bond acceptors (Lipinski definition) is 3. The molecule has 2 rings (SSSR count). The molecular weight excluding hydrogens is 306 g/mol. The third kappa shape index (κ3) is 4.71. The standard InChI is InChI=1S/C18H31N3O3/c1-4-13(2)19-17(23)15-5-7-16(8-6-15)18(24)21-11-9-20(10-12-21)14(3)22/h13,15-16H,4-12H2,1-3H3,(H,19,23). The molecule has 6 nitrogen and oxygen atoms in total. The maximum absolute atomic E-state index is 12.7. The van der Waals surface area contributed by atoms with E-state index in [1.54, 1.807) is 11.8 Å². The second kappa shape index (κ2) is 8.49. The van der Waals surface area contributed by atoms with E-state index >= 15 is 0 Å². The maximum atomic E-state index is 12.7. The summed E-state index contributed by atoms with van der Waals surface area (Å²) in [5, 5.41) is 3.05. The van der Waals surface area contributed by atoms with Crippen molar-refractivity contribution in [3.63, 3.8) is 0 Å². The zero-order chi connectivity index (χ0) is 17.7. The number of carbonyl (C=O) groups excluding carboxylic acids is 3. The molecule has 1 N–H and O–H groups in total. The highest BCUT2D eigenvalue weighted by Gasteiger charge is 2.33. The number of carbonyl (C=O) groups is 3. The van der Waals surface area contributed by atoms with E-state index in [4.69, 9.17) is 0 Å². The second-order valence-electron chi connectivity index (χ2n) is 7.20. The first kappa shape index (κ1) is 18.7. The van der Waals surface area contributed by atoms with Crippen LogP contribution in [-0.2, 0) is 14.4 Å². The van der Waals surface area contributed by atoms with E-state index in [-0.39, 0.29) is 35.6 Å². The van der Waals surface area contributed by atoms with Crippen molar-refractivity contribution >= 4 is 17.7 Å². The van der Waals surface area contributed by atoms with E-state index in [0.717, 1.165) is 32.1 Å². The van der Waals surface area contributed by atoms with Gasteiger partial charge < -0.3 is 15.1 Å². The van der Waals surface area contributed by atoms with Crippen molar-refractivity contribution < 1.29 is 14.4 Å². The molecule has 1 aliphatic heterocycles. The summed E-state index contributed by atoms with van der Waals surface area (Å²) in [5.74, 6) is 0.526. The highest BCUT2D eigenvalue weighted by Crippen LogP contribution is 2.30. The number of amides is 3. The smallest absolute Gasteiger partial charge is 0.225 e. The van der Waals surface area contributed by atoms with Crippen molar-refractivity contribution in [3.8, 4) is 0 Å². The summed E-state index contributed by atoms with van der Waals surface area (Å²) in [6.07, 6.45) is 4.12. The lowest BCUT2D eigenvalue weighted by Gasteiger charge is -2.37. The van der Waals surface area contributed by atoms with Crippen LogP contribution in [0.3, 0.4) is 0 Å². The van der Waals surface area contributed by atoms with Gasteiger partial charge in [-0.3, -0.25) is 14.4 Å². The molecule has 0 aromatic heterocycles. The summed E-state index contributed by atoms with van der Waals surface area (Å²) in [4.78, 5) is 39.9. The Morgan fingerprint density at radius 3 is 1.96 bits per heavy atom. The molecule has 1 aliphatic carbocycles. The highest BCUT2D eigenvalue weighted by atomic mass is 16.2. The molecule has 0 spiro atoms. The van der Waals surface area contributed by atoms with Gasteiger partial charge in [0.1, 0.15) is 0 Å². The van der Waals surface area contributed by atoms with Crippen LogP contribution in [0.15, 0.2) is 0 Å². The first-order chi connectivity index (χ1) is 11.4. The molecule has 6 heteroatoms. The van der Waals surface area contributed by atoms with Crippen molar-refractivity contribution in [2.75, 3.05) is 26.2 Å². The van der Waals surface area contributed by atoms with E-state index in [9.17, 15) is 14.4 Å². The Balaban J connectivity index is 1.77. The topological polar surface area (TPSA) is 69.7 Å². The molecule has 1 saturated heterocycles. The quantitative estimate of drug-likeness (QED) is 0.843. The molecular formula is C18H31N3O3. The monoisotopic (exact) mass is 337 g/mol. The van der Waals surface area contributed by atoms with Crippen LogP contribution in [0.2, 0.25) is 0 Å². The molecule has 1 atom stereocenters. The lowest BCUT2D eigenvalue weighted by Crippen LogP contribution is -2.52. The van der Waals surface area contributed by atoms with Gasteiger partial charge in [0, 0.05) is 51.0 Å². The summed E-state index contributed by atoms with van der Waals surface area (Å²) >= 11 is 0. The lowest BCUT2D eigenvalue weighted by atomic mass is 9.80. The molecule has 0 radical (unpaired) electrons. The Hall–Kier alpha value is -1.59. The Morgan fingerprint density at radius 1 is 0.958 bits per heavy atom. The molecule has 1 heterocycles. The Labute approximate surface area is 144 Å². The van der Waals surface area contributed by atoms with Gasteiger partial charge in [-0.15, -0.1) is 0 Å². The van der Waals surface area contributed by atoms with E-state index < -0.39 is 0 Å². The van der Waals surface area contributed by atoms with E-state index in [0.29, 0.717) is 26.2 Å². The fourth-order valence-electron chi connectivity index (χ4n) is 3.57. The number of piperazine rings is 1. The first-order valence-corrected chi connectivity index (χ1v) is 9.27. The zero-order valence-electron chi connectivity index (χ0n) is 15.2. The predicted octanol–water partition coefficient (Wildman–Crippen LogP) is 1.40. The SMILES string of the molecule is CCC(C)NC(=O)C1CCC(C(=O)N2CCN(C(C)=O)CC2)CC1. The summed E-state index contributed by atoms with van der Waals surface area (Å²) in [6, 6.07) is 0.217. The fourth-order valence-corrected chi connectivity index (χ4v) is 3.57. The van der Waals surface area contributed by atoms with Crippen LogP contribution < -0.4 is 5.32 Å². The number of nitrogens with one attached hydrogen (secondary N) is 1. The van der Waals surface area contributed by atoms with Gasteiger partial charge in [0.15, 0.2) is 0 Å². The number of nitrogens with zero attached hydrogens (tertiary/aromatic N) is 2. The molecule has 0 aromatic carbocycles. The summed E-state index contributed by atoms with van der Waals surface area (Å²) < 4.78 is 0. The van der Waals surface area contributed by atoms with Crippen molar-refractivity contribution in [2.24, 2.45) is 11.8 Å². The van der Waals surface area contributed by atoms with Crippen LogP contribution in [0.25, 0.3) is 0 Å². The normalized spacial score (nSPS) is 26.0. The van der Waals surface area contributed by atoms with Gasteiger partial charge in [0.25, 0.3) is 0 Å². The van der Waals surface area contributed by atoms with Crippen molar-refractivity contribution in [2.45, 2.75) is 58.9 Å². The first-order valence-electron chi connectivity index (χ1n) is 9.27. The summed E-state index contributed by atoms with van der Waals surface area (Å²) in [5.41, 5.74) is 0. The van der Waals surface area contributed by atoms with Crippen molar-refractivity contribution in [3.05, 3.63) is 0 Å². The molecule has 24 heavy (non-hydrogen) atoms. The molecule has 2 fully saturated rings. The van der Waals surface area contributed by atoms with Crippen LogP contribution in [-0.4, -0.2) is 59.7 Å². The number of rotatable bonds is 4. The van der Waals surface area contributed by atoms with Gasteiger partial charge in [-0.2, -0.15) is 0 Å². The molecule has 1 unspecified atom stereocenters. The average molecular weight is 337 g/mol. The summed E-state index contributed by atoms with van der Waals surface area (Å²) in [7, 11) is 0. The van der Waals surface area contributed by atoms with Gasteiger partial charge in [-0.1, -0.05) is 6.92 Å². The second-order valence-corrected chi connectivity index (χ2v) is 7.20. The maximum Gasteiger partial charge on any atom is 0.225 e. The predicted molar refractivity (Wildman–Crippen MR) is 92.2 cm³/mol. The Kier molecular flexibility index (Phi) is 6.63. The van der Waals surface area contributed by atoms with E-state index in [2.05, 4.69) is 12.2 Å². The van der Waals surface area contributed by atoms with Gasteiger partial charge in [-0.25, -0.2) is 0 Å². The molecule has 0 bridgehead atoms. The average Bonchev–Trinajstić information content (AvgIpc) is 2.61. The molecule has 136 valence electrons. The Morgan fingerprint density at radius 2 is 1.46 bits per heavy atom. The largest absolute Gasteiger partial charge is 0.353 e. The van der Waals surface area contributed by atoms with Crippen LogP contribution in [0, 0.1) is 11.8 Å². The van der Waals surface area contributed by atoms with Crippen LogP contribution >= 0.6 is 0 Å². The van der Waals surface area contributed by atoms with E-state index in [1.807, 2.05) is 11.8 Å². The van der Waals surface area contributed by atoms with Gasteiger partial charge in [0.2, 0.25) is 17.7 Å². The third-order valence-electron chi connectivity index (χ3n) is 5.48. The van der Waals surface area contributed by atoms with Crippen LogP contribution in [0.1, 0.15) is 52.9 Å². The Bertz CT molecular complexity index is 464. The van der Waals surface area contributed by atoms with E-state index in [1.165, 1.54) is 0 Å². The molecule has 2 aliphatic rings. The summed E-state index contributed by atoms with van der Waals surface area (Å²) in [6.45, 7) is 8.18. The van der Waals surface area contributed by atoms with Gasteiger partial charge in [-0.05, 0) is 39.0 Å². The lowest BCUT2D eigenvalue weighted by molar-refractivity contribution is -0.143. The zero-order valence-corrected chi connectivity index (χ0v) is 15.2. The third-order valence-corrected chi connectivity index (χ3v) is 5.48. The molecule has 1 saturated carbocycles. The van der Waals surface area contributed by atoms with Crippen LogP contribution in [0.4, 0.5) is 0 Å². The van der Waals surface area contributed by atoms with Crippen LogP contribution in [0.5, 0.6) is 0 Å². The molecule has 0 aromatic rings. The fraction of sp³-hybridized carbons (Fsp3) is 0.833. The minimum Gasteiger partial charge on any atom is -0.353 e. The minimum absolute atomic E-state index is 0.0431. The van der Waals surface area contributed by atoms with Crippen molar-refractivity contribution in [1.82, 2.24) is 15.1 Å². The van der Waals surface area contributed by atoms with Gasteiger partial charge in [0.05, 0.1) is 0 Å². The number of hydrogen-bond donors (Lipinski definition) is 1. The molecule has 3 amide bonds. The van der Waals surface area contributed by atoms with Gasteiger partial charge >= 0.3 is 0 Å².